The van der Waals surface area contributed by atoms with E-state index in [0.717, 1.165) is 37.9 Å². The van der Waals surface area contributed by atoms with Crippen molar-refractivity contribution in [2.75, 3.05) is 19.6 Å². The molecule has 0 unspecified atom stereocenters. The standard InChI is InChI=1S/C15H23ClN2O2S.ClH/c1-3-10-18(13-6-8-17-9-7-13)21(19,20)15-5-4-12(2)11-14(15)16;/h4-5,11,13,17H,3,6-10H2,1-2H3;1H. The molecule has 22 heavy (non-hydrogen) atoms. The third-order valence-corrected chi connectivity index (χ3v) is 6.27. The molecule has 1 fully saturated rings. The van der Waals surface area contributed by atoms with Crippen LogP contribution in [-0.2, 0) is 10.0 Å². The van der Waals surface area contributed by atoms with Gasteiger partial charge in [-0.1, -0.05) is 24.6 Å². The molecule has 1 heterocycles. The Morgan fingerprint density at radius 3 is 2.50 bits per heavy atom. The van der Waals surface area contributed by atoms with Crippen LogP contribution in [0.3, 0.4) is 0 Å². The van der Waals surface area contributed by atoms with E-state index in [0.29, 0.717) is 11.6 Å². The maximum absolute atomic E-state index is 13.0. The lowest BCUT2D eigenvalue weighted by atomic mass is 10.1. The third-order valence-electron chi connectivity index (χ3n) is 3.83. The SMILES string of the molecule is CCCN(C1CCNCC1)S(=O)(=O)c1ccc(C)cc1Cl.Cl. The van der Waals surface area contributed by atoms with Gasteiger partial charge in [-0.3, -0.25) is 0 Å². The molecule has 7 heteroatoms. The first kappa shape index (κ1) is 19.7. The molecular weight excluding hydrogens is 343 g/mol. The summed E-state index contributed by atoms with van der Waals surface area (Å²) in [4.78, 5) is 0.224. The average Bonchev–Trinajstić information content (AvgIpc) is 2.45. The second kappa shape index (κ2) is 8.50. The number of piperidine rings is 1. The Morgan fingerprint density at radius 1 is 1.32 bits per heavy atom. The number of sulfonamides is 1. The number of aryl methyl sites for hydroxylation is 1. The van der Waals surface area contributed by atoms with Crippen LogP contribution in [0.4, 0.5) is 0 Å². The molecule has 0 atom stereocenters. The van der Waals surface area contributed by atoms with E-state index < -0.39 is 10.0 Å². The zero-order valence-corrected chi connectivity index (χ0v) is 15.4. The Balaban J connectivity index is 0.00000242. The molecule has 0 radical (unpaired) electrons. The van der Waals surface area contributed by atoms with Gasteiger partial charge in [0.25, 0.3) is 0 Å². The molecule has 0 spiro atoms. The second-order valence-corrected chi connectivity index (χ2v) is 7.80. The van der Waals surface area contributed by atoms with E-state index >= 15 is 0 Å². The lowest BCUT2D eigenvalue weighted by molar-refractivity contribution is 0.262. The minimum absolute atomic E-state index is 0. The fraction of sp³-hybridized carbons (Fsp3) is 0.600. The van der Waals surface area contributed by atoms with Gasteiger partial charge in [0.2, 0.25) is 10.0 Å². The van der Waals surface area contributed by atoms with Crippen molar-refractivity contribution in [1.29, 1.82) is 0 Å². The summed E-state index contributed by atoms with van der Waals surface area (Å²) in [6, 6.07) is 5.19. The van der Waals surface area contributed by atoms with Crippen molar-refractivity contribution < 1.29 is 8.42 Å². The first-order valence-electron chi connectivity index (χ1n) is 7.45. The van der Waals surface area contributed by atoms with Crippen LogP contribution in [0.15, 0.2) is 23.1 Å². The highest BCUT2D eigenvalue weighted by molar-refractivity contribution is 7.89. The maximum Gasteiger partial charge on any atom is 0.244 e. The topological polar surface area (TPSA) is 49.4 Å². The molecule has 1 saturated heterocycles. The summed E-state index contributed by atoms with van der Waals surface area (Å²) in [5.74, 6) is 0. The maximum atomic E-state index is 13.0. The van der Waals surface area contributed by atoms with E-state index in [9.17, 15) is 8.42 Å². The quantitative estimate of drug-likeness (QED) is 0.869. The van der Waals surface area contributed by atoms with Crippen LogP contribution in [0.25, 0.3) is 0 Å². The predicted molar refractivity (Wildman–Crippen MR) is 93.5 cm³/mol. The average molecular weight is 367 g/mol. The molecule has 0 saturated carbocycles. The second-order valence-electron chi connectivity index (χ2n) is 5.53. The molecule has 1 N–H and O–H groups in total. The van der Waals surface area contributed by atoms with Crippen LogP contribution < -0.4 is 5.32 Å². The first-order chi connectivity index (χ1) is 9.96. The van der Waals surface area contributed by atoms with Gasteiger partial charge in [0.05, 0.1) is 5.02 Å². The number of nitrogens with zero attached hydrogens (tertiary/aromatic N) is 1. The van der Waals surface area contributed by atoms with Crippen LogP contribution in [0, 0.1) is 6.92 Å². The summed E-state index contributed by atoms with van der Waals surface area (Å²) in [6.45, 7) is 6.17. The number of hydrogen-bond donors (Lipinski definition) is 1. The number of halogens is 2. The molecule has 4 nitrogen and oxygen atoms in total. The van der Waals surface area contributed by atoms with Gasteiger partial charge < -0.3 is 5.32 Å². The van der Waals surface area contributed by atoms with Gasteiger partial charge in [-0.25, -0.2) is 8.42 Å². The van der Waals surface area contributed by atoms with Crippen molar-refractivity contribution in [2.24, 2.45) is 0 Å². The molecular formula is C15H24Cl2N2O2S. The molecule has 1 aliphatic rings. The third kappa shape index (κ3) is 4.36. The van der Waals surface area contributed by atoms with Gasteiger partial charge in [-0.2, -0.15) is 4.31 Å². The fourth-order valence-corrected chi connectivity index (χ4v) is 5.11. The van der Waals surface area contributed by atoms with E-state index in [1.165, 1.54) is 0 Å². The van der Waals surface area contributed by atoms with Gasteiger partial charge in [-0.15, -0.1) is 12.4 Å². The van der Waals surface area contributed by atoms with Gasteiger partial charge in [0.1, 0.15) is 4.90 Å². The van der Waals surface area contributed by atoms with Crippen molar-refractivity contribution in [3.8, 4) is 0 Å². The molecule has 1 aromatic carbocycles. The Hall–Kier alpha value is -0.330. The van der Waals surface area contributed by atoms with Crippen LogP contribution in [0.5, 0.6) is 0 Å². The van der Waals surface area contributed by atoms with Crippen LogP contribution >= 0.6 is 24.0 Å². The summed E-state index contributed by atoms with van der Waals surface area (Å²) < 4.78 is 27.6. The number of rotatable bonds is 5. The van der Waals surface area contributed by atoms with E-state index in [4.69, 9.17) is 11.6 Å². The number of benzene rings is 1. The highest BCUT2D eigenvalue weighted by Gasteiger charge is 2.32. The minimum atomic E-state index is -3.54. The largest absolute Gasteiger partial charge is 0.317 e. The van der Waals surface area contributed by atoms with Gasteiger partial charge in [0, 0.05) is 12.6 Å². The smallest absolute Gasteiger partial charge is 0.244 e. The normalized spacial score (nSPS) is 16.5. The molecule has 2 rings (SSSR count). The highest BCUT2D eigenvalue weighted by atomic mass is 35.5. The summed E-state index contributed by atoms with van der Waals surface area (Å²) in [6.07, 6.45) is 2.50. The van der Waals surface area contributed by atoms with E-state index in [-0.39, 0.29) is 23.3 Å². The monoisotopic (exact) mass is 366 g/mol. The summed E-state index contributed by atoms with van der Waals surface area (Å²) >= 11 is 6.18. The first-order valence-corrected chi connectivity index (χ1v) is 9.27. The lowest BCUT2D eigenvalue weighted by Gasteiger charge is -2.33. The Bertz CT molecular complexity index is 587. The van der Waals surface area contributed by atoms with Crippen molar-refractivity contribution >= 4 is 34.0 Å². The van der Waals surface area contributed by atoms with Crippen LogP contribution in [0.2, 0.25) is 5.02 Å². The Labute approximate surface area is 144 Å². The fourth-order valence-electron chi connectivity index (χ4n) is 2.76. The Morgan fingerprint density at radius 2 is 1.95 bits per heavy atom. The predicted octanol–water partition coefficient (Wildman–Crippen LogP) is 3.22. The molecule has 0 bridgehead atoms. The van der Waals surface area contributed by atoms with E-state index in [1.54, 1.807) is 22.5 Å². The van der Waals surface area contributed by atoms with Crippen molar-refractivity contribution in [2.45, 2.75) is 44.0 Å². The molecule has 0 aliphatic carbocycles. The molecule has 0 aromatic heterocycles. The van der Waals surface area contributed by atoms with Crippen LogP contribution in [0.1, 0.15) is 31.7 Å². The Kier molecular flexibility index (Phi) is 7.62. The lowest BCUT2D eigenvalue weighted by Crippen LogP contribution is -2.46. The summed E-state index contributed by atoms with van der Waals surface area (Å²) in [7, 11) is -3.54. The van der Waals surface area contributed by atoms with Gasteiger partial charge in [0.15, 0.2) is 0 Å². The molecule has 1 aliphatic heterocycles. The van der Waals surface area contributed by atoms with Crippen molar-refractivity contribution in [3.05, 3.63) is 28.8 Å². The molecule has 1 aromatic rings. The summed E-state index contributed by atoms with van der Waals surface area (Å²) in [5, 5.41) is 3.58. The molecule has 0 amide bonds. The summed E-state index contributed by atoms with van der Waals surface area (Å²) in [5.41, 5.74) is 0.961. The zero-order chi connectivity index (χ0) is 15.5. The zero-order valence-electron chi connectivity index (χ0n) is 13.0. The number of nitrogens with one attached hydrogen (secondary N) is 1. The van der Waals surface area contributed by atoms with Gasteiger partial charge in [-0.05, 0) is 57.0 Å². The van der Waals surface area contributed by atoms with Crippen molar-refractivity contribution in [1.82, 2.24) is 9.62 Å². The number of hydrogen-bond acceptors (Lipinski definition) is 3. The van der Waals surface area contributed by atoms with Gasteiger partial charge >= 0.3 is 0 Å². The van der Waals surface area contributed by atoms with E-state index in [1.807, 2.05) is 13.8 Å². The van der Waals surface area contributed by atoms with Crippen LogP contribution in [-0.4, -0.2) is 38.4 Å². The van der Waals surface area contributed by atoms with Crippen molar-refractivity contribution in [3.63, 3.8) is 0 Å². The van der Waals surface area contributed by atoms with E-state index in [2.05, 4.69) is 5.32 Å². The minimum Gasteiger partial charge on any atom is -0.317 e. The molecule has 126 valence electrons. The highest BCUT2D eigenvalue weighted by Crippen LogP contribution is 2.28.